The zero-order valence-electron chi connectivity index (χ0n) is 23.1. The van der Waals surface area contributed by atoms with Crippen LogP contribution in [0.25, 0.3) is 20.5 Å². The normalized spacial score (nSPS) is 10.7. The van der Waals surface area contributed by atoms with Crippen LogP contribution in [0.3, 0.4) is 0 Å². The molecule has 0 saturated carbocycles. The molecule has 0 aliphatic carbocycles. The topological polar surface area (TPSA) is 130 Å². The van der Waals surface area contributed by atoms with Crippen molar-refractivity contribution in [1.29, 1.82) is 0 Å². The summed E-state index contributed by atoms with van der Waals surface area (Å²) in [5, 5.41) is 0.636. The number of phosphoric ester groups is 1. The van der Waals surface area contributed by atoms with Crippen LogP contribution in [-0.4, -0.2) is 110 Å². The zero-order chi connectivity index (χ0) is 27.6. The first kappa shape index (κ1) is 34.4. The quantitative estimate of drug-likeness (QED) is 0.151. The predicted molar refractivity (Wildman–Crippen MR) is 154 cm³/mol. The molecule has 1 heterocycles. The zero-order valence-corrected chi connectivity index (χ0v) is 28.8. The molecule has 0 spiro atoms. The van der Waals surface area contributed by atoms with Crippen molar-refractivity contribution in [3.05, 3.63) is 59.7 Å². The summed E-state index contributed by atoms with van der Waals surface area (Å²) in [5.41, 5.74) is 1.12. The van der Waals surface area contributed by atoms with Crippen molar-refractivity contribution < 1.29 is 47.4 Å². The summed E-state index contributed by atoms with van der Waals surface area (Å²) < 4.78 is 44.1. The average Bonchev–Trinajstić information content (AvgIpc) is 3.29. The van der Waals surface area contributed by atoms with Crippen molar-refractivity contribution in [3.63, 3.8) is 0 Å². The van der Waals surface area contributed by atoms with Crippen LogP contribution in [0, 0.1) is 0 Å². The Morgan fingerprint density at radius 2 is 1.38 bits per heavy atom. The molecular formula is C26H25Na2O10PS. The van der Waals surface area contributed by atoms with Crippen LogP contribution in [0.5, 0.6) is 34.5 Å². The minimum atomic E-state index is -4.88. The van der Waals surface area contributed by atoms with Gasteiger partial charge < -0.3 is 28.2 Å². The molecule has 14 heteroatoms. The third kappa shape index (κ3) is 7.17. The van der Waals surface area contributed by atoms with Crippen LogP contribution >= 0.6 is 19.2 Å². The van der Waals surface area contributed by atoms with E-state index in [1.54, 1.807) is 30.3 Å². The second kappa shape index (κ2) is 14.4. The van der Waals surface area contributed by atoms with Crippen LogP contribution in [0.2, 0.25) is 0 Å². The number of carbonyl (C=O) groups is 1. The first-order valence-electron chi connectivity index (χ1n) is 11.0. The van der Waals surface area contributed by atoms with Gasteiger partial charge in [0.2, 0.25) is 5.75 Å². The molecule has 3 aromatic carbocycles. The molecule has 0 atom stereocenters. The summed E-state index contributed by atoms with van der Waals surface area (Å²) in [5.74, 6) is 1.15. The van der Waals surface area contributed by atoms with Crippen molar-refractivity contribution in [1.82, 2.24) is 0 Å². The van der Waals surface area contributed by atoms with E-state index in [1.807, 2.05) is 6.07 Å². The van der Waals surface area contributed by atoms with Gasteiger partial charge in [0.15, 0.2) is 28.8 Å². The van der Waals surface area contributed by atoms with E-state index >= 15 is 0 Å². The molecule has 0 fully saturated rings. The molecule has 10 nitrogen and oxygen atoms in total. The number of phosphoric acid groups is 1. The van der Waals surface area contributed by atoms with E-state index < -0.39 is 7.82 Å². The maximum absolute atomic E-state index is 14.1. The smallest absolute Gasteiger partial charge is 0.497 e. The summed E-state index contributed by atoms with van der Waals surface area (Å²) >= 11 is 1.33. The van der Waals surface area contributed by atoms with E-state index in [2.05, 4.69) is 0 Å². The molecule has 0 saturated heterocycles. The number of ether oxygens (including phenoxy) is 5. The van der Waals surface area contributed by atoms with Gasteiger partial charge >= 0.3 is 7.82 Å². The molecular weight excluding hydrogens is 581 g/mol. The fourth-order valence-corrected chi connectivity index (χ4v) is 5.58. The van der Waals surface area contributed by atoms with Gasteiger partial charge in [-0.1, -0.05) is 0 Å². The molecule has 1 aromatic heterocycles. The van der Waals surface area contributed by atoms with E-state index in [4.69, 9.17) is 28.2 Å². The van der Waals surface area contributed by atoms with Crippen LogP contribution < -0.4 is 28.2 Å². The molecule has 4 aromatic rings. The molecule has 0 bridgehead atoms. The van der Waals surface area contributed by atoms with Gasteiger partial charge in [-0.2, -0.15) is 0 Å². The Bertz CT molecular complexity index is 1540. The van der Waals surface area contributed by atoms with Crippen molar-refractivity contribution in [2.45, 2.75) is 0 Å². The van der Waals surface area contributed by atoms with Gasteiger partial charge in [-0.3, -0.25) is 14.6 Å². The maximum Gasteiger partial charge on any atom is 0.524 e. The summed E-state index contributed by atoms with van der Waals surface area (Å²) in [6.45, 7) is 0. The standard InChI is InChI=1S/C26H25O10PS.2Na/c1-31-16-7-9-22-17(13-16)23(24(27)15-11-20(33-3)25(35-5)21(12-15)34-4)26(38-22)14-6-8-18(32-2)19(10-14)36-37(28,29)30;;/h6-13H,1-5H3,(H2,28,29,30);;. The Morgan fingerprint density at radius 3 is 1.90 bits per heavy atom. The van der Waals surface area contributed by atoms with E-state index in [1.165, 1.54) is 59.0 Å². The minimum absolute atomic E-state index is 0. The number of rotatable bonds is 10. The summed E-state index contributed by atoms with van der Waals surface area (Å²) in [6, 6.07) is 13.1. The van der Waals surface area contributed by atoms with Crippen LogP contribution in [0.15, 0.2) is 48.5 Å². The van der Waals surface area contributed by atoms with Gasteiger partial charge in [0.1, 0.15) is 5.75 Å². The van der Waals surface area contributed by atoms with Crippen LogP contribution in [0.1, 0.15) is 15.9 Å². The third-order valence-electron chi connectivity index (χ3n) is 5.69. The molecule has 0 unspecified atom stereocenters. The average molecular weight is 606 g/mol. The number of hydrogen-bond donors (Lipinski definition) is 2. The number of hydrogen-bond acceptors (Lipinski definition) is 9. The van der Waals surface area contributed by atoms with E-state index in [9.17, 15) is 19.1 Å². The van der Waals surface area contributed by atoms with Gasteiger partial charge in [0, 0.05) is 85.2 Å². The Balaban J connectivity index is 0.00000280. The van der Waals surface area contributed by atoms with Gasteiger partial charge in [0.05, 0.1) is 35.5 Å². The summed E-state index contributed by atoms with van der Waals surface area (Å²) in [6.07, 6.45) is 0. The van der Waals surface area contributed by atoms with E-state index in [0.717, 1.165) is 4.70 Å². The SMILES string of the molecule is COc1ccc2sc(-c3ccc(OC)c(OP(=O)(O)O)c3)c(C(=O)c3cc(OC)c(OC)c(OC)c3)c2c1.[Na].[Na]. The van der Waals surface area contributed by atoms with Crippen LogP contribution in [-0.2, 0) is 4.57 Å². The number of ketones is 1. The Kier molecular flexibility index (Phi) is 12.4. The molecule has 2 radical (unpaired) electrons. The maximum atomic E-state index is 14.1. The molecule has 0 amide bonds. The number of fused-ring (bicyclic) bond motifs is 1. The number of benzene rings is 3. The van der Waals surface area contributed by atoms with Crippen LogP contribution in [0.4, 0.5) is 0 Å². The van der Waals surface area contributed by atoms with Gasteiger partial charge in [-0.05, 0) is 54.1 Å². The van der Waals surface area contributed by atoms with Crippen molar-refractivity contribution in [3.8, 4) is 44.9 Å². The predicted octanol–water partition coefficient (Wildman–Crippen LogP) is 4.55. The van der Waals surface area contributed by atoms with Crippen molar-refractivity contribution >= 4 is 94.1 Å². The monoisotopic (exact) mass is 606 g/mol. The van der Waals surface area contributed by atoms with E-state index in [0.29, 0.717) is 44.4 Å². The minimum Gasteiger partial charge on any atom is -0.497 e. The Labute approximate surface area is 279 Å². The number of thiophene rings is 1. The molecule has 202 valence electrons. The number of carbonyl (C=O) groups excluding carboxylic acids is 1. The molecule has 0 aliphatic heterocycles. The largest absolute Gasteiger partial charge is 0.524 e. The fraction of sp³-hybridized carbons (Fsp3) is 0.192. The molecule has 40 heavy (non-hydrogen) atoms. The Morgan fingerprint density at radius 1 is 0.750 bits per heavy atom. The van der Waals surface area contributed by atoms with Crippen molar-refractivity contribution in [2.24, 2.45) is 0 Å². The summed E-state index contributed by atoms with van der Waals surface area (Å²) in [4.78, 5) is 33.5. The summed E-state index contributed by atoms with van der Waals surface area (Å²) in [7, 11) is 2.40. The Hall–Kier alpha value is -1.76. The van der Waals surface area contributed by atoms with Gasteiger partial charge in [-0.25, -0.2) is 4.57 Å². The van der Waals surface area contributed by atoms with E-state index in [-0.39, 0.29) is 82.0 Å². The second-order valence-electron chi connectivity index (χ2n) is 7.86. The van der Waals surface area contributed by atoms with Crippen molar-refractivity contribution in [2.75, 3.05) is 35.5 Å². The first-order valence-corrected chi connectivity index (χ1v) is 13.4. The third-order valence-corrected chi connectivity index (χ3v) is 7.35. The molecule has 0 aliphatic rings. The number of methoxy groups -OCH3 is 5. The molecule has 2 N–H and O–H groups in total. The second-order valence-corrected chi connectivity index (χ2v) is 10.1. The first-order chi connectivity index (χ1) is 18.1. The van der Waals surface area contributed by atoms with Gasteiger partial charge in [0.25, 0.3) is 0 Å². The van der Waals surface area contributed by atoms with Gasteiger partial charge in [-0.15, -0.1) is 11.3 Å². The fourth-order valence-electron chi connectivity index (χ4n) is 4.01. The molecule has 4 rings (SSSR count).